The second-order valence-corrected chi connectivity index (χ2v) is 4.10. The van der Waals surface area contributed by atoms with Crippen LogP contribution >= 0.6 is 0 Å². The predicted octanol–water partition coefficient (Wildman–Crippen LogP) is -3.53. The van der Waals surface area contributed by atoms with Crippen LogP contribution in [0.15, 0.2) is 0 Å². The molecule has 1 unspecified atom stereocenters. The lowest BCUT2D eigenvalue weighted by molar-refractivity contribution is -0.255. The van der Waals surface area contributed by atoms with Gasteiger partial charge in [-0.15, -0.1) is 0 Å². The van der Waals surface area contributed by atoms with E-state index in [1.54, 1.807) is 0 Å². The first-order valence-corrected chi connectivity index (χ1v) is 5.60. The van der Waals surface area contributed by atoms with Crippen molar-refractivity contribution in [1.82, 2.24) is 5.32 Å². The summed E-state index contributed by atoms with van der Waals surface area (Å²) in [6.45, 7) is -0.0134. The highest BCUT2D eigenvalue weighted by Crippen LogP contribution is 2.20. The van der Waals surface area contributed by atoms with Crippen LogP contribution in [-0.4, -0.2) is 76.2 Å². The van der Waals surface area contributed by atoms with E-state index >= 15 is 0 Å². The smallest absolute Gasteiger partial charge is 0.302 e. The Morgan fingerprint density at radius 2 is 1.89 bits per heavy atom. The van der Waals surface area contributed by atoms with Crippen molar-refractivity contribution in [2.45, 2.75) is 37.6 Å². The zero-order chi connectivity index (χ0) is 14.6. The molecule has 1 saturated heterocycles. The molecule has 5 N–H and O–H groups in total. The van der Waals surface area contributed by atoms with E-state index in [4.69, 9.17) is 9.84 Å². The molecule has 9 heteroatoms. The van der Waals surface area contributed by atoms with Crippen molar-refractivity contribution in [3.8, 4) is 0 Å². The molecule has 9 nitrogen and oxygen atoms in total. The largest absolute Gasteiger partial charge is 0.463 e. The first kappa shape index (κ1) is 15.8. The third kappa shape index (κ3) is 4.11. The quantitative estimate of drug-likeness (QED) is 0.333. The third-order valence-electron chi connectivity index (χ3n) is 2.64. The lowest BCUT2D eigenvalue weighted by atomic mass is 9.97. The first-order chi connectivity index (χ1) is 8.86. The van der Waals surface area contributed by atoms with Crippen LogP contribution in [-0.2, 0) is 19.1 Å². The molecule has 0 radical (unpaired) electrons. The highest BCUT2D eigenvalue weighted by molar-refractivity contribution is 5.77. The van der Waals surface area contributed by atoms with Gasteiger partial charge in [0.1, 0.15) is 37.6 Å². The molecular weight excluding hydrogens is 262 g/mol. The molecule has 0 aromatic carbocycles. The minimum atomic E-state index is -1.60. The summed E-state index contributed by atoms with van der Waals surface area (Å²) < 4.78 is 9.56. The van der Waals surface area contributed by atoms with Crippen molar-refractivity contribution in [3.05, 3.63) is 0 Å². The molecule has 0 spiro atoms. The lowest BCUT2D eigenvalue weighted by Crippen LogP contribution is -2.64. The summed E-state index contributed by atoms with van der Waals surface area (Å²) in [5, 5.41) is 39.8. The average Bonchev–Trinajstić information content (AvgIpc) is 2.36. The van der Waals surface area contributed by atoms with Gasteiger partial charge in [-0.05, 0) is 0 Å². The normalized spacial score (nSPS) is 34.7. The van der Waals surface area contributed by atoms with Gasteiger partial charge in [-0.1, -0.05) is 0 Å². The third-order valence-corrected chi connectivity index (χ3v) is 2.64. The summed E-state index contributed by atoms with van der Waals surface area (Å²) in [4.78, 5) is 21.6. The Morgan fingerprint density at radius 3 is 2.42 bits per heavy atom. The number of aliphatic hydroxyl groups excluding tert-OH is 4. The SMILES string of the molecule is CC(=O)OC[C@H]1OC(O)[C@@H](NC(=O)CO)[C@@H](O)[C@@H]1O. The molecule has 0 aromatic rings. The molecule has 5 atom stereocenters. The Labute approximate surface area is 108 Å². The number of rotatable bonds is 4. The van der Waals surface area contributed by atoms with Crippen molar-refractivity contribution in [2.75, 3.05) is 13.2 Å². The number of carbonyl (C=O) groups is 2. The fraction of sp³-hybridized carbons (Fsp3) is 0.800. The number of ether oxygens (including phenoxy) is 2. The molecule has 1 aliphatic heterocycles. The van der Waals surface area contributed by atoms with Gasteiger partial charge < -0.3 is 35.2 Å². The molecule has 19 heavy (non-hydrogen) atoms. The van der Waals surface area contributed by atoms with Gasteiger partial charge >= 0.3 is 5.97 Å². The van der Waals surface area contributed by atoms with E-state index in [9.17, 15) is 24.9 Å². The number of nitrogens with one attached hydrogen (secondary N) is 1. The van der Waals surface area contributed by atoms with Gasteiger partial charge in [0, 0.05) is 6.92 Å². The summed E-state index contributed by atoms with van der Waals surface area (Å²) in [7, 11) is 0. The molecule has 1 rings (SSSR count). The molecule has 0 aromatic heterocycles. The molecule has 0 bridgehead atoms. The maximum Gasteiger partial charge on any atom is 0.302 e. The van der Waals surface area contributed by atoms with Crippen LogP contribution in [0.25, 0.3) is 0 Å². The van der Waals surface area contributed by atoms with E-state index in [0.717, 1.165) is 6.92 Å². The van der Waals surface area contributed by atoms with Crippen LogP contribution in [0.1, 0.15) is 6.92 Å². The van der Waals surface area contributed by atoms with Gasteiger partial charge in [0.05, 0.1) is 0 Å². The number of amides is 1. The van der Waals surface area contributed by atoms with Gasteiger partial charge in [-0.2, -0.15) is 0 Å². The number of carbonyl (C=O) groups excluding carboxylic acids is 2. The van der Waals surface area contributed by atoms with Crippen molar-refractivity contribution < 1.29 is 39.5 Å². The molecule has 110 valence electrons. The molecule has 1 fully saturated rings. The minimum Gasteiger partial charge on any atom is -0.463 e. The van der Waals surface area contributed by atoms with Gasteiger partial charge in [-0.3, -0.25) is 9.59 Å². The number of hydrogen-bond acceptors (Lipinski definition) is 8. The second-order valence-electron chi connectivity index (χ2n) is 4.10. The van der Waals surface area contributed by atoms with E-state index in [1.807, 2.05) is 0 Å². The number of hydrogen-bond donors (Lipinski definition) is 5. The van der Waals surface area contributed by atoms with Crippen LogP contribution in [0.3, 0.4) is 0 Å². The molecule has 0 saturated carbocycles. The Kier molecular flexibility index (Phi) is 5.63. The van der Waals surface area contributed by atoms with E-state index < -0.39 is 49.1 Å². The Bertz CT molecular complexity index is 335. The maximum atomic E-state index is 11.0. The topological polar surface area (TPSA) is 146 Å². The molecular formula is C10H17NO8. The number of aliphatic hydroxyl groups is 4. The first-order valence-electron chi connectivity index (χ1n) is 5.60. The predicted molar refractivity (Wildman–Crippen MR) is 58.5 cm³/mol. The highest BCUT2D eigenvalue weighted by Gasteiger charge is 2.44. The summed E-state index contributed by atoms with van der Waals surface area (Å²) in [6, 6.07) is -1.29. The second kappa shape index (κ2) is 6.78. The average molecular weight is 279 g/mol. The van der Waals surface area contributed by atoms with Crippen LogP contribution < -0.4 is 5.32 Å². The van der Waals surface area contributed by atoms with Gasteiger partial charge in [0.15, 0.2) is 6.29 Å². The molecule has 0 aliphatic carbocycles. The zero-order valence-corrected chi connectivity index (χ0v) is 10.2. The van der Waals surface area contributed by atoms with Crippen LogP contribution in [0.2, 0.25) is 0 Å². The van der Waals surface area contributed by atoms with Crippen LogP contribution in [0, 0.1) is 0 Å². The van der Waals surface area contributed by atoms with Crippen molar-refractivity contribution in [3.63, 3.8) is 0 Å². The fourth-order valence-electron chi connectivity index (χ4n) is 1.67. The zero-order valence-electron chi connectivity index (χ0n) is 10.2. The van der Waals surface area contributed by atoms with E-state index in [2.05, 4.69) is 10.1 Å². The van der Waals surface area contributed by atoms with E-state index in [1.165, 1.54) is 0 Å². The highest BCUT2D eigenvalue weighted by atomic mass is 16.6. The monoisotopic (exact) mass is 279 g/mol. The van der Waals surface area contributed by atoms with Crippen molar-refractivity contribution in [2.24, 2.45) is 0 Å². The molecule has 1 amide bonds. The maximum absolute atomic E-state index is 11.0. The molecule has 1 heterocycles. The van der Waals surface area contributed by atoms with Crippen LogP contribution in [0.4, 0.5) is 0 Å². The summed E-state index contributed by atoms with van der Waals surface area (Å²) in [5.41, 5.74) is 0. The van der Waals surface area contributed by atoms with Crippen LogP contribution in [0.5, 0.6) is 0 Å². The fourth-order valence-corrected chi connectivity index (χ4v) is 1.67. The summed E-state index contributed by atoms with van der Waals surface area (Å²) in [6.07, 6.45) is -5.71. The lowest BCUT2D eigenvalue weighted by Gasteiger charge is -2.40. The number of esters is 1. The minimum absolute atomic E-state index is 0.342. The Balaban J connectivity index is 2.64. The van der Waals surface area contributed by atoms with E-state index in [0.29, 0.717) is 0 Å². The summed E-state index contributed by atoms with van der Waals surface area (Å²) >= 11 is 0. The molecule has 1 aliphatic rings. The van der Waals surface area contributed by atoms with Gasteiger partial charge in [0.25, 0.3) is 0 Å². The Hall–Kier alpha value is -1.26. The van der Waals surface area contributed by atoms with Gasteiger partial charge in [0.2, 0.25) is 5.91 Å². The van der Waals surface area contributed by atoms with Crippen molar-refractivity contribution in [1.29, 1.82) is 0 Å². The van der Waals surface area contributed by atoms with Crippen molar-refractivity contribution >= 4 is 11.9 Å². The standard InChI is InChI=1S/C10H17NO8/c1-4(13)18-3-5-8(15)9(16)7(10(17)19-5)11-6(14)2-12/h5,7-10,12,15-17H,2-3H2,1H3,(H,11,14)/t5-,7+,8-,9-,10?/m1/s1. The van der Waals surface area contributed by atoms with Gasteiger partial charge in [-0.25, -0.2) is 0 Å². The Morgan fingerprint density at radius 1 is 1.26 bits per heavy atom. The summed E-state index contributed by atoms with van der Waals surface area (Å²) in [5.74, 6) is -1.44. The van der Waals surface area contributed by atoms with E-state index in [-0.39, 0.29) is 6.61 Å².